The van der Waals surface area contributed by atoms with E-state index in [1.165, 1.54) is 7.05 Å². The summed E-state index contributed by atoms with van der Waals surface area (Å²) in [5, 5.41) is 0.329. The number of halogens is 1. The lowest BCUT2D eigenvalue weighted by atomic mass is 10.1. The summed E-state index contributed by atoms with van der Waals surface area (Å²) in [6.45, 7) is 7.62. The largest absolute Gasteiger partial charge is 0.497 e. The van der Waals surface area contributed by atoms with E-state index in [4.69, 9.17) is 10.5 Å². The Labute approximate surface area is 130 Å². The van der Waals surface area contributed by atoms with E-state index in [1.54, 1.807) is 19.2 Å². The summed E-state index contributed by atoms with van der Waals surface area (Å²) in [6, 6.07) is 8.94. The fourth-order valence-electron chi connectivity index (χ4n) is 1.67. The molecule has 118 valence electrons. The summed E-state index contributed by atoms with van der Waals surface area (Å²) in [6.07, 6.45) is 0. The zero-order valence-corrected chi connectivity index (χ0v) is 13.3. The molecule has 5 nitrogen and oxygen atoms in total. The minimum absolute atomic E-state index is 0.0769. The molecule has 6 heteroatoms. The van der Waals surface area contributed by atoms with Crippen LogP contribution in [0.1, 0.15) is 19.5 Å². The van der Waals surface area contributed by atoms with Crippen molar-refractivity contribution in [2.45, 2.75) is 13.8 Å². The number of methoxy groups -OCH3 is 1. The number of ether oxygens (including phenoxy) is 1. The van der Waals surface area contributed by atoms with Crippen LogP contribution in [0.25, 0.3) is 17.0 Å². The molecule has 0 aliphatic heterocycles. The maximum atomic E-state index is 13.3. The Morgan fingerprint density at radius 3 is 2.50 bits per heavy atom. The first-order valence-corrected chi connectivity index (χ1v) is 6.89. The summed E-state index contributed by atoms with van der Waals surface area (Å²) in [5.41, 5.74) is 7.59. The molecule has 1 aromatic carbocycles. The fraction of sp³-hybridized carbons (Fsp3) is 0.250. The van der Waals surface area contributed by atoms with Crippen LogP contribution in [0, 0.1) is 0 Å². The highest BCUT2D eigenvalue weighted by molar-refractivity contribution is 5.68. The first-order valence-electron chi connectivity index (χ1n) is 6.89. The number of benzene rings is 1. The van der Waals surface area contributed by atoms with Gasteiger partial charge in [0, 0.05) is 12.6 Å². The van der Waals surface area contributed by atoms with Crippen molar-refractivity contribution in [2.24, 2.45) is 5.73 Å². The van der Waals surface area contributed by atoms with Crippen molar-refractivity contribution in [2.75, 3.05) is 19.3 Å². The minimum atomic E-state index is -0.0769. The van der Waals surface area contributed by atoms with Crippen LogP contribution < -0.4 is 15.6 Å². The smallest absolute Gasteiger partial charge is 0.254 e. The zero-order chi connectivity index (χ0) is 16.7. The molecule has 2 rings (SSSR count). The van der Waals surface area contributed by atoms with Gasteiger partial charge in [-0.2, -0.15) is 5.12 Å². The van der Waals surface area contributed by atoms with Crippen molar-refractivity contribution in [3.05, 3.63) is 42.6 Å². The second-order valence-electron chi connectivity index (χ2n) is 4.17. The van der Waals surface area contributed by atoms with Gasteiger partial charge in [-0.25, -0.2) is 9.97 Å². The molecule has 0 aliphatic rings. The normalized spacial score (nSPS) is 9.50. The van der Waals surface area contributed by atoms with Crippen LogP contribution >= 0.6 is 0 Å². The van der Waals surface area contributed by atoms with E-state index < -0.39 is 0 Å². The first kappa shape index (κ1) is 17.4. The zero-order valence-electron chi connectivity index (χ0n) is 13.3. The van der Waals surface area contributed by atoms with E-state index in [1.807, 2.05) is 32.0 Å². The van der Waals surface area contributed by atoms with Crippen LogP contribution in [0.5, 0.6) is 5.75 Å². The third-order valence-corrected chi connectivity index (χ3v) is 2.68. The van der Waals surface area contributed by atoms with E-state index in [2.05, 4.69) is 16.5 Å². The quantitative estimate of drug-likeness (QED) is 0.877. The third kappa shape index (κ3) is 4.18. The molecule has 2 aromatic rings. The number of hydrogen-bond donors (Lipinski definition) is 1. The number of nitrogens with zero attached hydrogens (tertiary/aromatic N) is 3. The van der Waals surface area contributed by atoms with E-state index in [-0.39, 0.29) is 11.6 Å². The van der Waals surface area contributed by atoms with Gasteiger partial charge in [0.15, 0.2) is 0 Å². The average molecular weight is 304 g/mol. The summed E-state index contributed by atoms with van der Waals surface area (Å²) >= 11 is 0. The van der Waals surface area contributed by atoms with Gasteiger partial charge in [-0.05, 0) is 18.2 Å². The molecule has 0 aliphatic carbocycles. The van der Waals surface area contributed by atoms with Gasteiger partial charge in [0.05, 0.1) is 24.2 Å². The summed E-state index contributed by atoms with van der Waals surface area (Å²) in [7, 11) is 2.79. The lowest BCUT2D eigenvalue weighted by Crippen LogP contribution is -2.10. The van der Waals surface area contributed by atoms with Crippen molar-refractivity contribution in [1.82, 2.24) is 9.97 Å². The molecular formula is C16H21FN4O. The van der Waals surface area contributed by atoms with Gasteiger partial charge in [-0.3, -0.25) is 0 Å². The van der Waals surface area contributed by atoms with E-state index in [0.29, 0.717) is 22.3 Å². The molecule has 0 fully saturated rings. The van der Waals surface area contributed by atoms with Gasteiger partial charge in [-0.15, -0.1) is 0 Å². The predicted octanol–water partition coefficient (Wildman–Crippen LogP) is 3.43. The second-order valence-corrected chi connectivity index (χ2v) is 4.17. The Morgan fingerprint density at radius 1 is 1.27 bits per heavy atom. The molecule has 1 heterocycles. The van der Waals surface area contributed by atoms with Gasteiger partial charge in [0.1, 0.15) is 5.75 Å². The second kappa shape index (κ2) is 7.97. The molecule has 0 atom stereocenters. The van der Waals surface area contributed by atoms with Gasteiger partial charge < -0.3 is 10.5 Å². The van der Waals surface area contributed by atoms with Crippen LogP contribution in [-0.4, -0.2) is 24.1 Å². The van der Waals surface area contributed by atoms with E-state index in [9.17, 15) is 4.48 Å². The monoisotopic (exact) mass is 304 g/mol. The average Bonchev–Trinajstić information content (AvgIpc) is 2.56. The Bertz CT molecular complexity index is 644. The number of nitrogens with two attached hydrogens (primary N) is 1. The first-order chi connectivity index (χ1) is 10.5. The van der Waals surface area contributed by atoms with Gasteiger partial charge in [0.25, 0.3) is 5.95 Å². The van der Waals surface area contributed by atoms with E-state index in [0.717, 1.165) is 5.56 Å². The molecule has 0 bridgehead atoms. The summed E-state index contributed by atoms with van der Waals surface area (Å²) in [5.74, 6) is 0.608. The lowest BCUT2D eigenvalue weighted by Gasteiger charge is -2.11. The van der Waals surface area contributed by atoms with Crippen LogP contribution in [-0.2, 0) is 0 Å². The Kier molecular flexibility index (Phi) is 6.31. The summed E-state index contributed by atoms with van der Waals surface area (Å²) in [4.78, 5) is 8.13. The predicted molar refractivity (Wildman–Crippen MR) is 88.1 cm³/mol. The fourth-order valence-corrected chi connectivity index (χ4v) is 1.67. The van der Waals surface area contributed by atoms with Crippen LogP contribution in [0.4, 0.5) is 10.4 Å². The topological polar surface area (TPSA) is 64.3 Å². The maximum absolute atomic E-state index is 13.3. The Balaban J connectivity index is 0.00000116. The van der Waals surface area contributed by atoms with Crippen LogP contribution in [0.3, 0.4) is 0 Å². The number of aromatic nitrogens is 2. The molecule has 22 heavy (non-hydrogen) atoms. The van der Waals surface area contributed by atoms with Gasteiger partial charge in [-0.1, -0.05) is 37.0 Å². The van der Waals surface area contributed by atoms with Crippen molar-refractivity contribution >= 4 is 11.6 Å². The highest BCUT2D eigenvalue weighted by Crippen LogP contribution is 2.25. The van der Waals surface area contributed by atoms with Crippen molar-refractivity contribution in [3.8, 4) is 17.0 Å². The molecule has 0 amide bonds. The molecule has 2 N–H and O–H groups in total. The molecule has 0 spiro atoms. The highest BCUT2D eigenvalue weighted by Gasteiger charge is 2.11. The molecule has 1 aromatic heterocycles. The number of rotatable bonds is 4. The van der Waals surface area contributed by atoms with Crippen molar-refractivity contribution < 1.29 is 9.22 Å². The molecule has 0 saturated heterocycles. The van der Waals surface area contributed by atoms with Crippen molar-refractivity contribution in [1.29, 1.82) is 0 Å². The van der Waals surface area contributed by atoms with E-state index >= 15 is 0 Å². The minimum Gasteiger partial charge on any atom is -0.497 e. The SMILES string of the molecule is C=C(N)c1cc(-c2cccc(OC)c2)nc(N(C)F)n1.CC. The van der Waals surface area contributed by atoms with Gasteiger partial charge >= 0.3 is 0 Å². The van der Waals surface area contributed by atoms with Crippen LogP contribution in [0.2, 0.25) is 0 Å². The third-order valence-electron chi connectivity index (χ3n) is 2.68. The Hall–Kier alpha value is -2.63. The number of hydrogen-bond acceptors (Lipinski definition) is 5. The molecule has 0 radical (unpaired) electrons. The maximum Gasteiger partial charge on any atom is 0.254 e. The molecule has 0 unspecified atom stereocenters. The molecular weight excluding hydrogens is 283 g/mol. The summed E-state index contributed by atoms with van der Waals surface area (Å²) < 4.78 is 18.5. The molecule has 0 saturated carbocycles. The number of anilines is 1. The lowest BCUT2D eigenvalue weighted by molar-refractivity contribution is 0.415. The van der Waals surface area contributed by atoms with Crippen molar-refractivity contribution in [3.63, 3.8) is 0 Å². The Morgan fingerprint density at radius 2 is 1.95 bits per heavy atom. The highest BCUT2D eigenvalue weighted by atomic mass is 19.2. The van der Waals surface area contributed by atoms with Gasteiger partial charge in [0.2, 0.25) is 0 Å². The van der Waals surface area contributed by atoms with Crippen LogP contribution in [0.15, 0.2) is 36.9 Å². The standard InChI is InChI=1S/C14H15FN4O.C2H6/c1-9(16)12-8-13(18-14(17-12)19(2)15)10-5-4-6-11(7-10)20-3;1-2/h4-8H,1,16H2,2-3H3;1-2H3.